The standard InChI is InChI=1S/C2H5.Hg.H3O4P/c1-2;;1-5(2,3)4/h1H2,2H3;;(H3,1,2,3,4)/q;+1;/p-1. The van der Waals surface area contributed by atoms with Gasteiger partial charge >= 0.3 is 63.3 Å². The minimum absolute atomic E-state index is 0. The fraction of sp³-hybridized carbons (Fsp3) is 1.00. The third-order valence-electron chi connectivity index (χ3n) is 0.454. The molecule has 46 valence electrons. The van der Waals surface area contributed by atoms with Gasteiger partial charge in [0, 0.05) is 0 Å². The fourth-order valence-corrected chi connectivity index (χ4v) is 5.35. The van der Waals surface area contributed by atoms with Crippen molar-refractivity contribution in [3.8, 4) is 0 Å². The van der Waals surface area contributed by atoms with Crippen molar-refractivity contribution < 1.29 is 44.7 Å². The zero-order valence-electron chi connectivity index (χ0n) is 6.49. The van der Waals surface area contributed by atoms with Crippen molar-refractivity contribution in [2.45, 2.75) is 10.9 Å². The molecule has 0 aliphatic rings. The van der Waals surface area contributed by atoms with E-state index in [9.17, 15) is 14.4 Å². The van der Waals surface area contributed by atoms with E-state index < -0.39 is 32.9 Å². The minimum Gasteiger partial charge on any atom is 1.00 e. The molecule has 0 saturated carbocycles. The fourth-order valence-electron chi connectivity index (χ4n) is 0.203. The van der Waals surface area contributed by atoms with Gasteiger partial charge in [-0.15, -0.1) is 0 Å². The smallest absolute Gasteiger partial charge is 1.00 e. The Morgan fingerprint density at radius 2 is 2.38 bits per heavy atom. The normalized spacial score (nSPS) is 10.9. The topological polar surface area (TPSA) is 72.4 Å². The zero-order chi connectivity index (χ0) is 6.62. The summed E-state index contributed by atoms with van der Waals surface area (Å²) in [5, 5.41) is 0. The van der Waals surface area contributed by atoms with E-state index in [1.54, 1.807) is 0 Å². The molecule has 0 aromatic carbocycles. The number of hydrogen-bond acceptors (Lipinski definition) is 4. The van der Waals surface area contributed by atoms with Crippen molar-refractivity contribution in [3.63, 3.8) is 0 Å². The summed E-state index contributed by atoms with van der Waals surface area (Å²) < 4.78 is 14.5. The van der Waals surface area contributed by atoms with Crippen LogP contribution in [0.3, 0.4) is 0 Å². The van der Waals surface area contributed by atoms with Crippen LogP contribution in [-0.4, -0.2) is 0 Å². The van der Waals surface area contributed by atoms with Crippen molar-refractivity contribution in [1.29, 1.82) is 0 Å². The van der Waals surface area contributed by atoms with Crippen molar-refractivity contribution in [2.75, 3.05) is 0 Å². The Kier molecular flexibility index (Phi) is 4.47. The van der Waals surface area contributed by atoms with Crippen LogP contribution in [0, 0.1) is 0 Å². The van der Waals surface area contributed by atoms with Crippen LogP contribution in [0.15, 0.2) is 0 Å². The van der Waals surface area contributed by atoms with Crippen LogP contribution >= 0.6 is 7.82 Å². The summed E-state index contributed by atoms with van der Waals surface area (Å²) in [5.74, 6) is 0. The van der Waals surface area contributed by atoms with Crippen LogP contribution < -0.4 is 9.79 Å². The van der Waals surface area contributed by atoms with Gasteiger partial charge in [-0.25, -0.2) is 0 Å². The van der Waals surface area contributed by atoms with Gasteiger partial charge in [-0.3, -0.25) is 0 Å². The number of hydrogen-bond donors (Lipinski definition) is 0. The van der Waals surface area contributed by atoms with Crippen molar-refractivity contribution in [1.82, 2.24) is 0 Å². The summed E-state index contributed by atoms with van der Waals surface area (Å²) in [6, 6.07) is 0. The summed E-state index contributed by atoms with van der Waals surface area (Å²) in [5.41, 5.74) is 0. The summed E-state index contributed by atoms with van der Waals surface area (Å²) in [7, 11) is -4.58. The van der Waals surface area contributed by atoms with Crippen LogP contribution in [0.2, 0.25) is 3.93 Å². The third-order valence-corrected chi connectivity index (χ3v) is 8.36. The molecule has 8 heavy (non-hydrogen) atoms. The molecule has 0 spiro atoms. The Hall–Kier alpha value is 1.05. The first kappa shape index (κ1) is 9.05. The Morgan fingerprint density at radius 1 is 1.88 bits per heavy atom. The van der Waals surface area contributed by atoms with Gasteiger partial charge in [-0.2, -0.15) is 0 Å². The van der Waals surface area contributed by atoms with Gasteiger partial charge in [0.15, 0.2) is 0 Å². The molecular formula is C2H7HgO4P. The van der Waals surface area contributed by atoms with Crippen LogP contribution in [0.25, 0.3) is 0 Å². The van der Waals surface area contributed by atoms with E-state index in [1.807, 2.05) is 6.92 Å². The maximum absolute atomic E-state index is 9.70. The summed E-state index contributed by atoms with van der Waals surface area (Å²) >= 11 is -1.71. The second-order valence-corrected chi connectivity index (χ2v) is 10.9. The van der Waals surface area contributed by atoms with E-state index >= 15 is 0 Å². The molecule has 0 bridgehead atoms. The second-order valence-electron chi connectivity index (χ2n) is 1.28. The third kappa shape index (κ3) is 7.05. The van der Waals surface area contributed by atoms with Gasteiger partial charge in [-0.05, 0) is 0 Å². The number of phosphoric acid groups is 1. The molecule has 0 aliphatic heterocycles. The van der Waals surface area contributed by atoms with Crippen LogP contribution in [-0.2, 0) is 32.0 Å². The number of rotatable bonds is 3. The van der Waals surface area contributed by atoms with E-state index in [1.165, 1.54) is 0 Å². The van der Waals surface area contributed by atoms with Crippen LogP contribution in [0.4, 0.5) is 0 Å². The minimum atomic E-state index is -4.58. The van der Waals surface area contributed by atoms with E-state index in [2.05, 4.69) is 2.43 Å². The SMILES string of the molecule is C[CH2][Hg][O]P(=O)([O-])[O-].[H+].[H+]. The van der Waals surface area contributed by atoms with Crippen molar-refractivity contribution in [3.05, 3.63) is 0 Å². The molecular weight excluding hydrogens is 320 g/mol. The Balaban J connectivity index is -0.000000245. The molecule has 0 N–H and O–H groups in total. The molecule has 0 rings (SSSR count). The molecule has 0 saturated heterocycles. The molecule has 0 atom stereocenters. The first-order chi connectivity index (χ1) is 3.56. The first-order valence-electron chi connectivity index (χ1n) is 2.23. The molecule has 6 heteroatoms. The van der Waals surface area contributed by atoms with Crippen LogP contribution in [0.1, 0.15) is 9.78 Å². The molecule has 0 amide bonds. The largest absolute Gasteiger partial charge is 1.00 e. The van der Waals surface area contributed by atoms with E-state index in [4.69, 9.17) is 0 Å². The summed E-state index contributed by atoms with van der Waals surface area (Å²) in [6.07, 6.45) is 0. The maximum atomic E-state index is 9.70. The molecule has 0 aliphatic carbocycles. The van der Waals surface area contributed by atoms with E-state index in [-0.39, 0.29) is 2.85 Å². The average Bonchev–Trinajstić information content (AvgIpc) is 1.59. The Bertz CT molecular complexity index is 105. The van der Waals surface area contributed by atoms with Gasteiger partial charge < -0.3 is 0 Å². The second kappa shape index (κ2) is 3.96. The monoisotopic (exact) mass is 328 g/mol. The molecule has 0 radical (unpaired) electrons. The van der Waals surface area contributed by atoms with Gasteiger partial charge in [-0.1, -0.05) is 0 Å². The first-order valence-corrected chi connectivity index (χ1v) is 9.82. The maximum Gasteiger partial charge on any atom is 1.00 e. The molecule has 0 unspecified atom stereocenters. The van der Waals surface area contributed by atoms with Gasteiger partial charge in [0.1, 0.15) is 0 Å². The predicted molar refractivity (Wildman–Crippen MR) is 21.4 cm³/mol. The predicted octanol–water partition coefficient (Wildman–Crippen LogP) is -0.508. The Morgan fingerprint density at radius 3 is 2.50 bits per heavy atom. The van der Waals surface area contributed by atoms with Crippen LogP contribution in [0.5, 0.6) is 0 Å². The molecule has 0 aromatic rings. The molecule has 4 nitrogen and oxygen atoms in total. The van der Waals surface area contributed by atoms with E-state index in [0.29, 0.717) is 0 Å². The summed E-state index contributed by atoms with van der Waals surface area (Å²) in [6.45, 7) is 1.82. The Labute approximate surface area is 63.5 Å². The van der Waals surface area contributed by atoms with E-state index in [0.717, 1.165) is 3.93 Å². The zero-order valence-corrected chi connectivity index (χ0v) is 10.9. The van der Waals surface area contributed by atoms with Crippen molar-refractivity contribution in [2.24, 2.45) is 0 Å². The van der Waals surface area contributed by atoms with Gasteiger partial charge in [0.05, 0.1) is 0 Å². The van der Waals surface area contributed by atoms with Gasteiger partial charge in [0.2, 0.25) is 0 Å². The summed E-state index contributed by atoms with van der Waals surface area (Å²) in [4.78, 5) is 19.4. The molecule has 0 heterocycles. The quantitative estimate of drug-likeness (QED) is 0.517. The molecule has 0 aromatic heterocycles. The molecule has 0 fully saturated rings. The van der Waals surface area contributed by atoms with Crippen molar-refractivity contribution >= 4 is 7.82 Å². The van der Waals surface area contributed by atoms with Gasteiger partial charge in [0.25, 0.3) is 0 Å². The average molecular weight is 327 g/mol.